The van der Waals surface area contributed by atoms with E-state index >= 15 is 0 Å². The Morgan fingerprint density at radius 3 is 1.88 bits per heavy atom. The minimum atomic E-state index is -0.121. The molecule has 34 heavy (non-hydrogen) atoms. The van der Waals surface area contributed by atoms with Crippen LogP contribution in [0.5, 0.6) is 23.0 Å². The van der Waals surface area contributed by atoms with Crippen LogP contribution in [-0.4, -0.2) is 52.3 Å². The van der Waals surface area contributed by atoms with Crippen LogP contribution in [0.2, 0.25) is 0 Å². The number of likely N-dealkylation sites (N-methyl/N-ethyl adjacent to an activating group) is 1. The average molecular weight is 473 g/mol. The monoisotopic (exact) mass is 472 g/mol. The zero-order valence-corrected chi connectivity index (χ0v) is 21.5. The normalized spacial score (nSPS) is 9.94. The Kier molecular flexibility index (Phi) is 13.9. The summed E-state index contributed by atoms with van der Waals surface area (Å²) in [4.78, 5) is 13.1. The average Bonchev–Trinajstić information content (AvgIpc) is 2.86. The number of rotatable bonds is 13. The van der Waals surface area contributed by atoms with E-state index in [1.807, 2.05) is 50.4 Å². The van der Waals surface area contributed by atoms with Gasteiger partial charge in [0.1, 0.15) is 0 Å². The van der Waals surface area contributed by atoms with Crippen molar-refractivity contribution in [1.82, 2.24) is 10.2 Å². The first kappa shape index (κ1) is 28.8. The van der Waals surface area contributed by atoms with Gasteiger partial charge in [0, 0.05) is 31.3 Å². The highest BCUT2D eigenvalue weighted by Gasteiger charge is 2.14. The van der Waals surface area contributed by atoms with Crippen molar-refractivity contribution in [3.63, 3.8) is 0 Å². The van der Waals surface area contributed by atoms with Crippen LogP contribution in [0.1, 0.15) is 37.8 Å². The predicted octanol–water partition coefficient (Wildman–Crippen LogP) is 4.83. The largest absolute Gasteiger partial charge is 0.493 e. The molecule has 0 aliphatic rings. The number of amides is 1. The maximum Gasteiger partial charge on any atom is 0.245 e. The third kappa shape index (κ3) is 8.98. The van der Waals surface area contributed by atoms with Gasteiger partial charge >= 0.3 is 0 Å². The topological polar surface area (TPSA) is 69.3 Å². The molecule has 0 saturated heterocycles. The maximum atomic E-state index is 11.5. The third-order valence-corrected chi connectivity index (χ3v) is 4.79. The Hall–Kier alpha value is -3.19. The van der Waals surface area contributed by atoms with Gasteiger partial charge in [-0.15, -0.1) is 0 Å². The lowest BCUT2D eigenvalue weighted by Crippen LogP contribution is -2.24. The molecular weight excluding hydrogens is 432 g/mol. The van der Waals surface area contributed by atoms with Gasteiger partial charge in [-0.2, -0.15) is 0 Å². The van der Waals surface area contributed by atoms with Crippen LogP contribution in [0.4, 0.5) is 0 Å². The summed E-state index contributed by atoms with van der Waals surface area (Å²) in [6.45, 7) is 10.2. The van der Waals surface area contributed by atoms with E-state index in [0.717, 1.165) is 48.6 Å². The second-order valence-corrected chi connectivity index (χ2v) is 7.52. The summed E-state index contributed by atoms with van der Waals surface area (Å²) in [6.07, 6.45) is 3.21. The summed E-state index contributed by atoms with van der Waals surface area (Å²) in [6, 6.07) is 11.6. The lowest BCUT2D eigenvalue weighted by Gasteiger charge is -2.19. The summed E-state index contributed by atoms with van der Waals surface area (Å²) in [5.74, 6) is 2.93. The lowest BCUT2D eigenvalue weighted by molar-refractivity contribution is -0.125. The first-order chi connectivity index (χ1) is 16.5. The Labute approximate surface area is 204 Å². The first-order valence-electron chi connectivity index (χ1n) is 11.6. The number of benzene rings is 2. The maximum absolute atomic E-state index is 11.5. The summed E-state index contributed by atoms with van der Waals surface area (Å²) in [5.41, 5.74) is 2.05. The number of para-hydroxylation sites is 2. The van der Waals surface area contributed by atoms with Gasteiger partial charge in [0.15, 0.2) is 23.0 Å². The molecule has 2 aromatic rings. The highest BCUT2D eigenvalue weighted by molar-refractivity contribution is 5.86. The molecule has 1 amide bonds. The predicted molar refractivity (Wildman–Crippen MR) is 137 cm³/mol. The quantitative estimate of drug-likeness (QED) is 0.421. The molecule has 188 valence electrons. The van der Waals surface area contributed by atoms with Gasteiger partial charge in [-0.1, -0.05) is 44.7 Å². The second kappa shape index (κ2) is 16.4. The fourth-order valence-corrected chi connectivity index (χ4v) is 3.12. The SMILES string of the molecule is C=CC(=O)N(C)Cc1cccc(OC)c1OCCC.CCCOc1c(CNC)cccc1OC. The molecule has 7 nitrogen and oxygen atoms in total. The number of nitrogens with zero attached hydrogens (tertiary/aromatic N) is 1. The fraction of sp³-hybridized carbons (Fsp3) is 0.444. The molecule has 0 unspecified atom stereocenters. The van der Waals surface area contributed by atoms with Gasteiger partial charge in [-0.3, -0.25) is 4.79 Å². The van der Waals surface area contributed by atoms with E-state index in [1.165, 1.54) is 6.08 Å². The van der Waals surface area contributed by atoms with Crippen LogP contribution in [-0.2, 0) is 17.9 Å². The van der Waals surface area contributed by atoms with E-state index in [0.29, 0.717) is 24.7 Å². The first-order valence-corrected chi connectivity index (χ1v) is 11.6. The van der Waals surface area contributed by atoms with Crippen molar-refractivity contribution in [3.05, 3.63) is 60.2 Å². The van der Waals surface area contributed by atoms with Gasteiger partial charge < -0.3 is 29.2 Å². The number of nitrogens with one attached hydrogen (secondary N) is 1. The van der Waals surface area contributed by atoms with E-state index in [9.17, 15) is 4.79 Å². The van der Waals surface area contributed by atoms with Crippen molar-refractivity contribution in [3.8, 4) is 23.0 Å². The van der Waals surface area contributed by atoms with E-state index in [-0.39, 0.29) is 5.91 Å². The van der Waals surface area contributed by atoms with Gasteiger partial charge in [-0.25, -0.2) is 0 Å². The van der Waals surface area contributed by atoms with Crippen molar-refractivity contribution >= 4 is 5.91 Å². The summed E-state index contributed by atoms with van der Waals surface area (Å²) < 4.78 is 22.0. The fourth-order valence-electron chi connectivity index (χ4n) is 3.12. The highest BCUT2D eigenvalue weighted by atomic mass is 16.5. The van der Waals surface area contributed by atoms with E-state index < -0.39 is 0 Å². The standard InChI is InChI=1S/C15H21NO3.C12H19NO2/c1-5-10-19-15-12(8-7-9-13(15)18-4)11-16(3)14(17)6-2;1-4-8-15-12-10(9-13-2)6-5-7-11(12)14-3/h6-9H,2,5,10-11H2,1,3-4H3;5-7,13H,4,8-9H2,1-3H3. The molecular formula is C27H40N2O5. The molecule has 0 atom stereocenters. The number of ether oxygens (including phenoxy) is 4. The molecule has 2 aromatic carbocycles. The number of methoxy groups -OCH3 is 2. The summed E-state index contributed by atoms with van der Waals surface area (Å²) in [7, 11) is 6.92. The molecule has 0 bridgehead atoms. The lowest BCUT2D eigenvalue weighted by atomic mass is 10.1. The molecule has 0 fully saturated rings. The Morgan fingerprint density at radius 1 is 0.941 bits per heavy atom. The van der Waals surface area contributed by atoms with Gasteiger partial charge in [0.2, 0.25) is 5.91 Å². The van der Waals surface area contributed by atoms with Crippen LogP contribution in [0.3, 0.4) is 0 Å². The smallest absolute Gasteiger partial charge is 0.245 e. The molecule has 1 N–H and O–H groups in total. The molecule has 2 rings (SSSR count). The number of hydrogen-bond acceptors (Lipinski definition) is 6. The van der Waals surface area contributed by atoms with Crippen molar-refractivity contribution < 1.29 is 23.7 Å². The minimum Gasteiger partial charge on any atom is -0.493 e. The minimum absolute atomic E-state index is 0.121. The molecule has 0 heterocycles. The van der Waals surface area contributed by atoms with E-state index in [4.69, 9.17) is 18.9 Å². The number of carbonyl (C=O) groups excluding carboxylic acids is 1. The molecule has 7 heteroatoms. The van der Waals surface area contributed by atoms with E-state index in [1.54, 1.807) is 26.2 Å². The molecule has 0 aromatic heterocycles. The third-order valence-electron chi connectivity index (χ3n) is 4.79. The number of hydrogen-bond donors (Lipinski definition) is 1. The van der Waals surface area contributed by atoms with Crippen LogP contribution in [0.15, 0.2) is 49.1 Å². The molecule has 0 radical (unpaired) electrons. The second-order valence-electron chi connectivity index (χ2n) is 7.52. The Balaban J connectivity index is 0.000000350. The van der Waals surface area contributed by atoms with Crippen LogP contribution in [0.25, 0.3) is 0 Å². The zero-order valence-electron chi connectivity index (χ0n) is 21.5. The van der Waals surface area contributed by atoms with Crippen molar-refractivity contribution in [2.75, 3.05) is 41.5 Å². The van der Waals surface area contributed by atoms with Gasteiger partial charge in [0.05, 0.1) is 27.4 Å². The van der Waals surface area contributed by atoms with E-state index in [2.05, 4.69) is 18.8 Å². The summed E-state index contributed by atoms with van der Waals surface area (Å²) in [5, 5.41) is 3.12. The zero-order chi connectivity index (χ0) is 25.3. The molecule has 0 aliphatic heterocycles. The Bertz CT molecular complexity index is 885. The number of carbonyl (C=O) groups is 1. The molecule has 0 spiro atoms. The Morgan fingerprint density at radius 2 is 1.44 bits per heavy atom. The van der Waals surface area contributed by atoms with Crippen molar-refractivity contribution in [2.45, 2.75) is 39.8 Å². The van der Waals surface area contributed by atoms with Crippen LogP contribution >= 0.6 is 0 Å². The summed E-state index contributed by atoms with van der Waals surface area (Å²) >= 11 is 0. The molecule has 0 aliphatic carbocycles. The van der Waals surface area contributed by atoms with Crippen LogP contribution in [0, 0.1) is 0 Å². The van der Waals surface area contributed by atoms with Gasteiger partial charge in [-0.05, 0) is 38.1 Å². The van der Waals surface area contributed by atoms with Crippen LogP contribution < -0.4 is 24.3 Å². The van der Waals surface area contributed by atoms with Crippen molar-refractivity contribution in [2.24, 2.45) is 0 Å². The molecule has 0 saturated carbocycles. The van der Waals surface area contributed by atoms with Gasteiger partial charge in [0.25, 0.3) is 0 Å². The highest BCUT2D eigenvalue weighted by Crippen LogP contribution is 2.32. The van der Waals surface area contributed by atoms with Crippen molar-refractivity contribution in [1.29, 1.82) is 0 Å².